The SMILES string of the molecule is C=CC(=O)OCCc1cc(N)ccc1Oc1ccccc1-c1ccccc1. The Morgan fingerprint density at radius 2 is 1.70 bits per heavy atom. The third-order valence-corrected chi connectivity index (χ3v) is 4.06. The predicted octanol–water partition coefficient (Wildman–Crippen LogP) is 5.00. The number of benzene rings is 3. The number of hydrogen-bond acceptors (Lipinski definition) is 4. The van der Waals surface area contributed by atoms with Gasteiger partial charge < -0.3 is 15.2 Å². The van der Waals surface area contributed by atoms with Gasteiger partial charge in [-0.3, -0.25) is 0 Å². The molecule has 3 aromatic rings. The summed E-state index contributed by atoms with van der Waals surface area (Å²) in [6, 6.07) is 23.4. The molecule has 0 atom stereocenters. The molecule has 0 saturated heterocycles. The number of ether oxygens (including phenoxy) is 2. The molecular weight excluding hydrogens is 338 g/mol. The molecule has 27 heavy (non-hydrogen) atoms. The molecular formula is C23H21NO3. The third-order valence-electron chi connectivity index (χ3n) is 4.06. The number of esters is 1. The number of carbonyl (C=O) groups is 1. The molecule has 3 aromatic carbocycles. The second kappa shape index (κ2) is 8.72. The Balaban J connectivity index is 1.86. The first-order valence-electron chi connectivity index (χ1n) is 8.67. The molecule has 0 bridgehead atoms. The average Bonchev–Trinajstić information content (AvgIpc) is 2.71. The summed E-state index contributed by atoms with van der Waals surface area (Å²) in [5, 5.41) is 0. The first kappa shape index (κ1) is 18.3. The summed E-state index contributed by atoms with van der Waals surface area (Å²) in [6.07, 6.45) is 1.64. The molecule has 0 aliphatic carbocycles. The van der Waals surface area contributed by atoms with E-state index in [2.05, 4.69) is 6.58 Å². The summed E-state index contributed by atoms with van der Waals surface area (Å²) >= 11 is 0. The number of rotatable bonds is 7. The molecule has 0 radical (unpaired) electrons. The highest BCUT2D eigenvalue weighted by atomic mass is 16.5. The van der Waals surface area contributed by atoms with Gasteiger partial charge in [0.25, 0.3) is 0 Å². The van der Waals surface area contributed by atoms with E-state index in [9.17, 15) is 4.79 Å². The lowest BCUT2D eigenvalue weighted by Crippen LogP contribution is -2.05. The Kier molecular flexibility index (Phi) is 5.90. The minimum atomic E-state index is -0.448. The molecule has 0 saturated carbocycles. The van der Waals surface area contributed by atoms with E-state index < -0.39 is 5.97 Å². The number of anilines is 1. The van der Waals surface area contributed by atoms with Crippen molar-refractivity contribution in [1.82, 2.24) is 0 Å². The lowest BCUT2D eigenvalue weighted by molar-refractivity contribution is -0.137. The molecule has 0 fully saturated rings. The van der Waals surface area contributed by atoms with Gasteiger partial charge in [0.05, 0.1) is 6.61 Å². The van der Waals surface area contributed by atoms with Crippen LogP contribution in [-0.2, 0) is 16.0 Å². The Labute approximate surface area is 158 Å². The van der Waals surface area contributed by atoms with Gasteiger partial charge in [-0.25, -0.2) is 4.79 Å². The van der Waals surface area contributed by atoms with Gasteiger partial charge in [-0.05, 0) is 29.8 Å². The summed E-state index contributed by atoms with van der Waals surface area (Å²) in [7, 11) is 0. The molecule has 4 nitrogen and oxygen atoms in total. The van der Waals surface area contributed by atoms with E-state index in [0.717, 1.165) is 28.5 Å². The number of hydrogen-bond donors (Lipinski definition) is 1. The topological polar surface area (TPSA) is 61.5 Å². The fraction of sp³-hybridized carbons (Fsp3) is 0.0870. The average molecular weight is 359 g/mol. The number of para-hydroxylation sites is 1. The summed E-state index contributed by atoms with van der Waals surface area (Å²) in [5.74, 6) is 0.982. The molecule has 3 rings (SSSR count). The lowest BCUT2D eigenvalue weighted by Gasteiger charge is -2.15. The van der Waals surface area contributed by atoms with E-state index in [1.165, 1.54) is 0 Å². The van der Waals surface area contributed by atoms with Crippen LogP contribution in [0.25, 0.3) is 11.1 Å². The Hall–Kier alpha value is -3.53. The van der Waals surface area contributed by atoms with Crippen molar-refractivity contribution < 1.29 is 14.3 Å². The molecule has 0 spiro atoms. The zero-order valence-corrected chi connectivity index (χ0v) is 14.9. The summed E-state index contributed by atoms with van der Waals surface area (Å²) in [4.78, 5) is 11.3. The molecule has 0 heterocycles. The Morgan fingerprint density at radius 1 is 0.963 bits per heavy atom. The summed E-state index contributed by atoms with van der Waals surface area (Å²) in [6.45, 7) is 3.62. The molecule has 0 aliphatic rings. The van der Waals surface area contributed by atoms with Gasteiger partial charge in [0, 0.05) is 29.3 Å². The van der Waals surface area contributed by atoms with Gasteiger partial charge in [-0.1, -0.05) is 55.1 Å². The maximum atomic E-state index is 11.3. The Bertz CT molecular complexity index is 935. The van der Waals surface area contributed by atoms with Crippen LogP contribution < -0.4 is 10.5 Å². The molecule has 0 unspecified atom stereocenters. The van der Waals surface area contributed by atoms with Crippen LogP contribution in [0.2, 0.25) is 0 Å². The summed E-state index contributed by atoms with van der Waals surface area (Å²) in [5.41, 5.74) is 9.49. The van der Waals surface area contributed by atoms with Gasteiger partial charge in [0.15, 0.2) is 0 Å². The number of nitrogen functional groups attached to an aromatic ring is 1. The van der Waals surface area contributed by atoms with E-state index in [0.29, 0.717) is 17.9 Å². The van der Waals surface area contributed by atoms with Crippen LogP contribution in [0.4, 0.5) is 5.69 Å². The van der Waals surface area contributed by atoms with Crippen LogP contribution in [0.3, 0.4) is 0 Å². The quantitative estimate of drug-likeness (QED) is 0.366. The van der Waals surface area contributed by atoms with Crippen LogP contribution in [0.1, 0.15) is 5.56 Å². The Morgan fingerprint density at radius 3 is 2.48 bits per heavy atom. The van der Waals surface area contributed by atoms with Gasteiger partial charge in [-0.15, -0.1) is 0 Å². The fourth-order valence-corrected chi connectivity index (χ4v) is 2.75. The van der Waals surface area contributed by atoms with E-state index in [-0.39, 0.29) is 6.61 Å². The predicted molar refractivity (Wildman–Crippen MR) is 108 cm³/mol. The second-order valence-corrected chi connectivity index (χ2v) is 5.95. The largest absolute Gasteiger partial charge is 0.462 e. The highest BCUT2D eigenvalue weighted by Crippen LogP contribution is 2.35. The van der Waals surface area contributed by atoms with Gasteiger partial charge in [0.2, 0.25) is 0 Å². The van der Waals surface area contributed by atoms with Crippen molar-refractivity contribution >= 4 is 11.7 Å². The van der Waals surface area contributed by atoms with Crippen molar-refractivity contribution in [3.63, 3.8) is 0 Å². The van der Waals surface area contributed by atoms with Crippen molar-refractivity contribution in [3.8, 4) is 22.6 Å². The first-order valence-corrected chi connectivity index (χ1v) is 8.67. The molecule has 0 amide bonds. The van der Waals surface area contributed by atoms with E-state index in [1.54, 1.807) is 6.07 Å². The molecule has 4 heteroatoms. The van der Waals surface area contributed by atoms with E-state index in [4.69, 9.17) is 15.2 Å². The standard InChI is InChI=1S/C23H21NO3/c1-2-23(25)26-15-14-18-16-19(24)12-13-21(18)27-22-11-7-6-10-20(22)17-8-4-3-5-9-17/h2-13,16H,1,14-15,24H2. The zero-order chi connectivity index (χ0) is 19.1. The highest BCUT2D eigenvalue weighted by Gasteiger charge is 2.11. The van der Waals surface area contributed by atoms with Gasteiger partial charge >= 0.3 is 5.97 Å². The van der Waals surface area contributed by atoms with Crippen molar-refractivity contribution in [3.05, 3.63) is 91.0 Å². The first-order chi connectivity index (χ1) is 13.2. The number of nitrogens with two attached hydrogens (primary N) is 1. The highest BCUT2D eigenvalue weighted by molar-refractivity contribution is 5.81. The zero-order valence-electron chi connectivity index (χ0n) is 14.9. The van der Waals surface area contributed by atoms with Crippen LogP contribution in [-0.4, -0.2) is 12.6 Å². The van der Waals surface area contributed by atoms with Crippen molar-refractivity contribution in [1.29, 1.82) is 0 Å². The second-order valence-electron chi connectivity index (χ2n) is 5.95. The molecule has 136 valence electrons. The molecule has 2 N–H and O–H groups in total. The monoisotopic (exact) mass is 359 g/mol. The summed E-state index contributed by atoms with van der Waals surface area (Å²) < 4.78 is 11.3. The van der Waals surface area contributed by atoms with E-state index in [1.807, 2.05) is 66.7 Å². The van der Waals surface area contributed by atoms with Crippen LogP contribution in [0.5, 0.6) is 11.5 Å². The van der Waals surface area contributed by atoms with Crippen LogP contribution in [0, 0.1) is 0 Å². The van der Waals surface area contributed by atoms with Gasteiger partial charge in [0.1, 0.15) is 11.5 Å². The van der Waals surface area contributed by atoms with Crippen molar-refractivity contribution in [2.45, 2.75) is 6.42 Å². The minimum Gasteiger partial charge on any atom is -0.462 e. The van der Waals surface area contributed by atoms with E-state index >= 15 is 0 Å². The van der Waals surface area contributed by atoms with Gasteiger partial charge in [-0.2, -0.15) is 0 Å². The fourth-order valence-electron chi connectivity index (χ4n) is 2.75. The van der Waals surface area contributed by atoms with Crippen LogP contribution in [0.15, 0.2) is 85.5 Å². The minimum absolute atomic E-state index is 0.227. The number of carbonyl (C=O) groups excluding carboxylic acids is 1. The maximum absolute atomic E-state index is 11.3. The smallest absolute Gasteiger partial charge is 0.330 e. The normalized spacial score (nSPS) is 10.2. The van der Waals surface area contributed by atoms with Crippen molar-refractivity contribution in [2.24, 2.45) is 0 Å². The third kappa shape index (κ3) is 4.76. The van der Waals surface area contributed by atoms with Crippen LogP contribution >= 0.6 is 0 Å². The molecule has 0 aliphatic heterocycles. The molecule has 0 aromatic heterocycles. The lowest BCUT2D eigenvalue weighted by atomic mass is 10.0. The van der Waals surface area contributed by atoms with Crippen molar-refractivity contribution in [2.75, 3.05) is 12.3 Å². The maximum Gasteiger partial charge on any atom is 0.330 e.